The van der Waals surface area contributed by atoms with Crippen molar-refractivity contribution < 1.29 is 17.6 Å². The summed E-state index contributed by atoms with van der Waals surface area (Å²) in [6, 6.07) is 3.40. The van der Waals surface area contributed by atoms with Gasteiger partial charge in [-0.2, -0.15) is 0 Å². The van der Waals surface area contributed by atoms with Crippen LogP contribution in [0.5, 0.6) is 0 Å². The molecule has 0 unspecified atom stereocenters. The number of nitrogens with zero attached hydrogens (tertiary/aromatic N) is 1. The molecule has 1 amide bonds. The van der Waals surface area contributed by atoms with E-state index in [-0.39, 0.29) is 23.6 Å². The molecule has 3 N–H and O–H groups in total. The van der Waals surface area contributed by atoms with Crippen LogP contribution in [0, 0.1) is 5.82 Å². The van der Waals surface area contributed by atoms with Gasteiger partial charge in [0.05, 0.1) is 0 Å². The van der Waals surface area contributed by atoms with Crippen molar-refractivity contribution >= 4 is 15.9 Å². The van der Waals surface area contributed by atoms with E-state index in [4.69, 9.17) is 5.73 Å². The van der Waals surface area contributed by atoms with E-state index < -0.39 is 20.7 Å². The molecular weight excluding hydrogens is 309 g/mol. The standard InChI is InChI=1S/C14H20FN3O3S/c1-9-7-11(16)5-6-18(9)14(19)10-3-4-12(15)13(8-10)22(20,21)17-2/h3-4,8-9,11,17H,5-7,16H2,1-2H3/t9-,11+/m1/s1. The monoisotopic (exact) mass is 329 g/mol. The fourth-order valence-corrected chi connectivity index (χ4v) is 3.46. The van der Waals surface area contributed by atoms with Crippen LogP contribution in [0.25, 0.3) is 0 Å². The molecule has 1 heterocycles. The number of hydrogen-bond acceptors (Lipinski definition) is 4. The molecule has 1 aliphatic rings. The van der Waals surface area contributed by atoms with Crippen LogP contribution in [0.15, 0.2) is 23.1 Å². The molecule has 1 aromatic carbocycles. The Hall–Kier alpha value is -1.51. The quantitative estimate of drug-likeness (QED) is 0.853. The van der Waals surface area contributed by atoms with Crippen LogP contribution in [0.4, 0.5) is 4.39 Å². The highest BCUT2D eigenvalue weighted by Crippen LogP contribution is 2.21. The molecular formula is C14H20FN3O3S. The number of nitrogens with two attached hydrogens (primary N) is 1. The van der Waals surface area contributed by atoms with E-state index >= 15 is 0 Å². The average molecular weight is 329 g/mol. The second-order valence-electron chi connectivity index (χ2n) is 5.48. The van der Waals surface area contributed by atoms with Gasteiger partial charge in [0, 0.05) is 24.2 Å². The highest BCUT2D eigenvalue weighted by molar-refractivity contribution is 7.89. The van der Waals surface area contributed by atoms with Crippen molar-refractivity contribution in [2.75, 3.05) is 13.6 Å². The fourth-order valence-electron chi connectivity index (χ4n) is 2.63. The van der Waals surface area contributed by atoms with Crippen LogP contribution < -0.4 is 10.5 Å². The molecule has 0 saturated carbocycles. The number of benzene rings is 1. The number of piperidine rings is 1. The summed E-state index contributed by atoms with van der Waals surface area (Å²) < 4.78 is 39.3. The molecule has 2 rings (SSSR count). The van der Waals surface area contributed by atoms with Crippen molar-refractivity contribution in [1.29, 1.82) is 0 Å². The fraction of sp³-hybridized carbons (Fsp3) is 0.500. The zero-order valence-electron chi connectivity index (χ0n) is 12.5. The minimum atomic E-state index is -3.95. The van der Waals surface area contributed by atoms with Gasteiger partial charge in [0.25, 0.3) is 5.91 Å². The van der Waals surface area contributed by atoms with E-state index in [0.29, 0.717) is 19.4 Å². The van der Waals surface area contributed by atoms with Crippen molar-refractivity contribution in [2.45, 2.75) is 36.7 Å². The number of carbonyl (C=O) groups excluding carboxylic acids is 1. The van der Waals surface area contributed by atoms with E-state index in [1.54, 1.807) is 4.90 Å². The first-order chi connectivity index (χ1) is 10.3. The summed E-state index contributed by atoms with van der Waals surface area (Å²) in [6.07, 6.45) is 1.38. The Labute approximate surface area is 129 Å². The predicted octanol–water partition coefficient (Wildman–Crippen LogP) is 0.686. The van der Waals surface area contributed by atoms with Crippen molar-refractivity contribution in [1.82, 2.24) is 9.62 Å². The third-order valence-corrected chi connectivity index (χ3v) is 5.34. The third-order valence-electron chi connectivity index (χ3n) is 3.91. The number of halogens is 1. The molecule has 1 aromatic rings. The SMILES string of the molecule is CNS(=O)(=O)c1cc(C(=O)N2CC[C@H](N)C[C@H]2C)ccc1F. The van der Waals surface area contributed by atoms with Gasteiger partial charge in [-0.3, -0.25) is 4.79 Å². The predicted molar refractivity (Wildman–Crippen MR) is 80.4 cm³/mol. The summed E-state index contributed by atoms with van der Waals surface area (Å²) in [7, 11) is -2.76. The molecule has 0 bridgehead atoms. The minimum Gasteiger partial charge on any atom is -0.336 e. The van der Waals surface area contributed by atoms with Crippen molar-refractivity contribution in [2.24, 2.45) is 5.73 Å². The molecule has 8 heteroatoms. The number of nitrogens with one attached hydrogen (secondary N) is 1. The van der Waals surface area contributed by atoms with E-state index in [0.717, 1.165) is 12.1 Å². The van der Waals surface area contributed by atoms with Crippen LogP contribution in [-0.2, 0) is 10.0 Å². The van der Waals surface area contributed by atoms with E-state index in [1.807, 2.05) is 11.6 Å². The summed E-state index contributed by atoms with van der Waals surface area (Å²) >= 11 is 0. The van der Waals surface area contributed by atoms with Gasteiger partial charge >= 0.3 is 0 Å². The average Bonchev–Trinajstić information content (AvgIpc) is 2.47. The second-order valence-corrected chi connectivity index (χ2v) is 7.34. The Morgan fingerprint density at radius 3 is 2.73 bits per heavy atom. The lowest BCUT2D eigenvalue weighted by Gasteiger charge is -2.36. The molecule has 0 radical (unpaired) electrons. The lowest BCUT2D eigenvalue weighted by Crippen LogP contribution is -2.48. The van der Waals surface area contributed by atoms with E-state index in [2.05, 4.69) is 0 Å². The van der Waals surface area contributed by atoms with Crippen molar-refractivity contribution in [3.05, 3.63) is 29.6 Å². The third kappa shape index (κ3) is 3.29. The number of amides is 1. The first-order valence-electron chi connectivity index (χ1n) is 7.06. The molecule has 2 atom stereocenters. The first-order valence-corrected chi connectivity index (χ1v) is 8.54. The van der Waals surface area contributed by atoms with Crippen molar-refractivity contribution in [3.8, 4) is 0 Å². The Balaban J connectivity index is 2.33. The zero-order chi connectivity index (χ0) is 16.5. The van der Waals surface area contributed by atoms with Gasteiger partial charge in [-0.25, -0.2) is 17.5 Å². The lowest BCUT2D eigenvalue weighted by molar-refractivity contribution is 0.0618. The Bertz CT molecular complexity index is 678. The van der Waals surface area contributed by atoms with Crippen LogP contribution >= 0.6 is 0 Å². The Morgan fingerprint density at radius 2 is 2.14 bits per heavy atom. The van der Waals surface area contributed by atoms with Gasteiger partial charge in [0.2, 0.25) is 10.0 Å². The molecule has 0 aliphatic carbocycles. The minimum absolute atomic E-state index is 0.0364. The van der Waals surface area contributed by atoms with Crippen LogP contribution in [0.1, 0.15) is 30.1 Å². The smallest absolute Gasteiger partial charge is 0.254 e. The highest BCUT2D eigenvalue weighted by Gasteiger charge is 2.29. The van der Waals surface area contributed by atoms with Crippen LogP contribution in [-0.4, -0.2) is 44.9 Å². The van der Waals surface area contributed by atoms with Crippen molar-refractivity contribution in [3.63, 3.8) is 0 Å². The summed E-state index contributed by atoms with van der Waals surface area (Å²) in [6.45, 7) is 2.40. The highest BCUT2D eigenvalue weighted by atomic mass is 32.2. The molecule has 1 saturated heterocycles. The summed E-state index contributed by atoms with van der Waals surface area (Å²) in [4.78, 5) is 13.7. The number of hydrogen-bond donors (Lipinski definition) is 2. The van der Waals surface area contributed by atoms with Crippen LogP contribution in [0.2, 0.25) is 0 Å². The first kappa shape index (κ1) is 16.9. The molecule has 0 aromatic heterocycles. The van der Waals surface area contributed by atoms with Gasteiger partial charge in [-0.1, -0.05) is 0 Å². The molecule has 1 aliphatic heterocycles. The van der Waals surface area contributed by atoms with Crippen LogP contribution in [0.3, 0.4) is 0 Å². The van der Waals surface area contributed by atoms with Gasteiger partial charge in [-0.15, -0.1) is 0 Å². The summed E-state index contributed by atoms with van der Waals surface area (Å²) in [5.41, 5.74) is 6.02. The van der Waals surface area contributed by atoms with E-state index in [9.17, 15) is 17.6 Å². The zero-order valence-corrected chi connectivity index (χ0v) is 13.4. The Kier molecular flexibility index (Phi) is 4.84. The number of likely N-dealkylation sites (tertiary alicyclic amines) is 1. The molecule has 0 spiro atoms. The van der Waals surface area contributed by atoms with Gasteiger partial charge in [0.15, 0.2) is 0 Å². The maximum Gasteiger partial charge on any atom is 0.254 e. The topological polar surface area (TPSA) is 92.5 Å². The van der Waals surface area contributed by atoms with Gasteiger partial charge < -0.3 is 10.6 Å². The number of rotatable bonds is 3. The normalized spacial score (nSPS) is 22.6. The summed E-state index contributed by atoms with van der Waals surface area (Å²) in [5.74, 6) is -1.20. The molecule has 1 fully saturated rings. The lowest BCUT2D eigenvalue weighted by atomic mass is 9.98. The Morgan fingerprint density at radius 1 is 1.45 bits per heavy atom. The van der Waals surface area contributed by atoms with Gasteiger partial charge in [0.1, 0.15) is 10.7 Å². The van der Waals surface area contributed by atoms with E-state index in [1.165, 1.54) is 13.1 Å². The maximum absolute atomic E-state index is 13.7. The molecule has 6 nitrogen and oxygen atoms in total. The largest absolute Gasteiger partial charge is 0.336 e. The second kappa shape index (κ2) is 6.31. The maximum atomic E-state index is 13.7. The summed E-state index contributed by atoms with van der Waals surface area (Å²) in [5, 5.41) is 0. The number of sulfonamides is 1. The molecule has 22 heavy (non-hydrogen) atoms. The molecule has 122 valence electrons. The van der Waals surface area contributed by atoms with Gasteiger partial charge in [-0.05, 0) is 45.0 Å². The number of carbonyl (C=O) groups is 1.